The maximum atomic E-state index is 11.9. The Morgan fingerprint density at radius 2 is 2.00 bits per heavy atom. The third kappa shape index (κ3) is 2.67. The lowest BCUT2D eigenvalue weighted by atomic mass is 9.93. The molecule has 0 saturated heterocycles. The van der Waals surface area contributed by atoms with Gasteiger partial charge in [-0.25, -0.2) is 0 Å². The van der Waals surface area contributed by atoms with E-state index in [1.165, 1.54) is 0 Å². The lowest BCUT2D eigenvalue weighted by molar-refractivity contribution is 0.0891. The number of aliphatic hydroxyl groups excluding tert-OH is 1. The minimum atomic E-state index is -0.0394. The molecule has 0 spiro atoms. The van der Waals surface area contributed by atoms with Crippen LogP contribution in [0.3, 0.4) is 0 Å². The Morgan fingerprint density at radius 3 is 2.50 bits per heavy atom. The van der Waals surface area contributed by atoms with E-state index < -0.39 is 0 Å². The first-order valence-electron chi connectivity index (χ1n) is 4.99. The summed E-state index contributed by atoms with van der Waals surface area (Å²) in [6, 6.07) is 9.26. The molecule has 1 rings (SSSR count). The molecule has 0 amide bonds. The van der Waals surface area contributed by atoms with Crippen LogP contribution in [0.1, 0.15) is 30.1 Å². The second-order valence-corrected chi connectivity index (χ2v) is 3.35. The molecule has 2 nitrogen and oxygen atoms in total. The van der Waals surface area contributed by atoms with E-state index in [9.17, 15) is 4.79 Å². The van der Waals surface area contributed by atoms with E-state index in [4.69, 9.17) is 5.11 Å². The summed E-state index contributed by atoms with van der Waals surface area (Å²) in [6.45, 7) is 2.05. The van der Waals surface area contributed by atoms with Crippen LogP contribution in [-0.4, -0.2) is 17.5 Å². The van der Waals surface area contributed by atoms with Gasteiger partial charge >= 0.3 is 0 Å². The molecule has 0 saturated carbocycles. The summed E-state index contributed by atoms with van der Waals surface area (Å²) < 4.78 is 0. The van der Waals surface area contributed by atoms with Gasteiger partial charge in [0.1, 0.15) is 0 Å². The molecule has 1 aromatic carbocycles. The van der Waals surface area contributed by atoms with Gasteiger partial charge in [-0.1, -0.05) is 37.3 Å². The summed E-state index contributed by atoms with van der Waals surface area (Å²) in [6.07, 6.45) is 1.35. The first-order chi connectivity index (χ1) is 6.79. The molecule has 0 heterocycles. The summed E-state index contributed by atoms with van der Waals surface area (Å²) in [5.41, 5.74) is 0.743. The van der Waals surface area contributed by atoms with Crippen molar-refractivity contribution in [2.24, 2.45) is 5.92 Å². The number of aliphatic hydroxyl groups is 1. The fraction of sp³-hybridized carbons (Fsp3) is 0.417. The monoisotopic (exact) mass is 192 g/mol. The molecular weight excluding hydrogens is 176 g/mol. The second-order valence-electron chi connectivity index (χ2n) is 3.35. The van der Waals surface area contributed by atoms with Crippen LogP contribution in [0.4, 0.5) is 0 Å². The van der Waals surface area contributed by atoms with Crippen LogP contribution >= 0.6 is 0 Å². The number of hydrogen-bond donors (Lipinski definition) is 1. The Kier molecular flexibility index (Phi) is 4.33. The average molecular weight is 192 g/mol. The summed E-state index contributed by atoms with van der Waals surface area (Å²) in [4.78, 5) is 11.9. The van der Waals surface area contributed by atoms with Gasteiger partial charge in [0, 0.05) is 18.1 Å². The summed E-state index contributed by atoms with van der Waals surface area (Å²) >= 11 is 0. The van der Waals surface area contributed by atoms with Crippen LogP contribution in [0, 0.1) is 5.92 Å². The third-order valence-corrected chi connectivity index (χ3v) is 2.40. The number of Topliss-reactive ketones (excluding diaryl/α,β-unsaturated/α-hetero) is 1. The summed E-state index contributed by atoms with van der Waals surface area (Å²) in [7, 11) is 0. The highest BCUT2D eigenvalue weighted by Gasteiger charge is 2.16. The lowest BCUT2D eigenvalue weighted by Crippen LogP contribution is -2.15. The smallest absolute Gasteiger partial charge is 0.166 e. The quantitative estimate of drug-likeness (QED) is 0.727. The molecule has 76 valence electrons. The van der Waals surface area contributed by atoms with Crippen molar-refractivity contribution in [3.63, 3.8) is 0 Å². The van der Waals surface area contributed by atoms with Crippen molar-refractivity contribution >= 4 is 5.78 Å². The molecule has 0 aromatic heterocycles. The van der Waals surface area contributed by atoms with Crippen LogP contribution in [0.5, 0.6) is 0 Å². The normalized spacial score (nSPS) is 12.4. The summed E-state index contributed by atoms with van der Waals surface area (Å²) in [5.74, 6) is 0.101. The Hall–Kier alpha value is -1.15. The predicted octanol–water partition coefficient (Wildman–Crippen LogP) is 2.28. The topological polar surface area (TPSA) is 37.3 Å². The van der Waals surface area contributed by atoms with Gasteiger partial charge in [-0.15, -0.1) is 0 Å². The molecule has 0 aliphatic heterocycles. The molecule has 0 unspecified atom stereocenters. The van der Waals surface area contributed by atoms with Crippen molar-refractivity contribution in [1.29, 1.82) is 0 Å². The van der Waals surface area contributed by atoms with E-state index in [0.29, 0.717) is 6.42 Å². The fourth-order valence-corrected chi connectivity index (χ4v) is 1.51. The van der Waals surface area contributed by atoms with Crippen molar-refractivity contribution in [2.75, 3.05) is 6.61 Å². The maximum Gasteiger partial charge on any atom is 0.166 e. The average Bonchev–Trinajstić information content (AvgIpc) is 2.26. The number of benzene rings is 1. The van der Waals surface area contributed by atoms with Crippen molar-refractivity contribution in [3.05, 3.63) is 35.9 Å². The Labute approximate surface area is 84.6 Å². The van der Waals surface area contributed by atoms with E-state index in [1.807, 2.05) is 37.3 Å². The second kappa shape index (κ2) is 5.55. The Morgan fingerprint density at radius 1 is 1.36 bits per heavy atom. The van der Waals surface area contributed by atoms with Gasteiger partial charge in [-0.05, 0) is 12.8 Å². The third-order valence-electron chi connectivity index (χ3n) is 2.40. The van der Waals surface area contributed by atoms with Gasteiger partial charge in [-0.2, -0.15) is 0 Å². The first-order valence-corrected chi connectivity index (χ1v) is 4.99. The molecule has 0 radical (unpaired) electrons. The molecule has 0 bridgehead atoms. The molecule has 1 N–H and O–H groups in total. The van der Waals surface area contributed by atoms with Crippen LogP contribution in [-0.2, 0) is 0 Å². The van der Waals surface area contributed by atoms with Crippen LogP contribution < -0.4 is 0 Å². The zero-order valence-electron chi connectivity index (χ0n) is 8.44. The maximum absolute atomic E-state index is 11.9. The molecule has 0 aliphatic carbocycles. The van der Waals surface area contributed by atoms with Gasteiger partial charge in [0.05, 0.1) is 0 Å². The predicted molar refractivity (Wildman–Crippen MR) is 56.3 cm³/mol. The Bertz CT molecular complexity index is 280. The zero-order valence-corrected chi connectivity index (χ0v) is 8.44. The fourth-order valence-electron chi connectivity index (χ4n) is 1.51. The molecule has 0 fully saturated rings. The van der Waals surface area contributed by atoms with Gasteiger partial charge in [0.25, 0.3) is 0 Å². The highest BCUT2D eigenvalue weighted by Crippen LogP contribution is 2.15. The van der Waals surface area contributed by atoms with Gasteiger partial charge in [-0.3, -0.25) is 4.79 Å². The van der Waals surface area contributed by atoms with E-state index in [2.05, 4.69) is 0 Å². The molecular formula is C12H16O2. The van der Waals surface area contributed by atoms with Crippen molar-refractivity contribution in [2.45, 2.75) is 19.8 Å². The number of hydrogen-bond acceptors (Lipinski definition) is 2. The highest BCUT2D eigenvalue weighted by atomic mass is 16.3. The van der Waals surface area contributed by atoms with Crippen molar-refractivity contribution in [1.82, 2.24) is 0 Å². The largest absolute Gasteiger partial charge is 0.396 e. The molecule has 0 aliphatic rings. The van der Waals surface area contributed by atoms with Crippen molar-refractivity contribution < 1.29 is 9.90 Å². The number of ketones is 1. The van der Waals surface area contributed by atoms with E-state index in [1.54, 1.807) is 0 Å². The van der Waals surface area contributed by atoms with Gasteiger partial charge in [0.15, 0.2) is 5.78 Å². The van der Waals surface area contributed by atoms with E-state index >= 15 is 0 Å². The van der Waals surface area contributed by atoms with E-state index in [0.717, 1.165) is 12.0 Å². The Balaban J connectivity index is 2.73. The molecule has 1 atom stereocenters. The van der Waals surface area contributed by atoms with Gasteiger partial charge in [0.2, 0.25) is 0 Å². The van der Waals surface area contributed by atoms with Crippen molar-refractivity contribution in [3.8, 4) is 0 Å². The summed E-state index contributed by atoms with van der Waals surface area (Å²) in [5, 5.41) is 8.81. The number of carbonyl (C=O) groups excluding carboxylic acids is 1. The number of carbonyl (C=O) groups is 1. The minimum Gasteiger partial charge on any atom is -0.396 e. The molecule has 14 heavy (non-hydrogen) atoms. The SMILES string of the molecule is CC[C@@H](CCO)C(=O)c1ccccc1. The van der Waals surface area contributed by atoms with Crippen LogP contribution in [0.2, 0.25) is 0 Å². The van der Waals surface area contributed by atoms with Crippen LogP contribution in [0.25, 0.3) is 0 Å². The lowest BCUT2D eigenvalue weighted by Gasteiger charge is -2.11. The van der Waals surface area contributed by atoms with Gasteiger partial charge < -0.3 is 5.11 Å². The molecule has 2 heteroatoms. The minimum absolute atomic E-state index is 0.0394. The van der Waals surface area contributed by atoms with Crippen LogP contribution in [0.15, 0.2) is 30.3 Å². The standard InChI is InChI=1S/C12H16O2/c1-2-10(8-9-13)12(14)11-6-4-3-5-7-11/h3-7,10,13H,2,8-9H2,1H3/t10-/m0/s1. The number of rotatable bonds is 5. The molecule has 1 aromatic rings. The highest BCUT2D eigenvalue weighted by molar-refractivity contribution is 5.97. The van der Waals surface area contributed by atoms with E-state index in [-0.39, 0.29) is 18.3 Å². The first kappa shape index (κ1) is 10.9. The zero-order chi connectivity index (χ0) is 10.4.